The maximum absolute atomic E-state index is 13.6. The summed E-state index contributed by atoms with van der Waals surface area (Å²) < 4.78 is 17.6. The second-order valence-corrected chi connectivity index (χ2v) is 15.1. The smallest absolute Gasteiger partial charge is 0.319 e. The van der Waals surface area contributed by atoms with Crippen LogP contribution in [0.25, 0.3) is 0 Å². The van der Waals surface area contributed by atoms with Gasteiger partial charge >= 0.3 is 7.60 Å². The van der Waals surface area contributed by atoms with Crippen LogP contribution in [0, 0.1) is 51.8 Å². The lowest BCUT2D eigenvalue weighted by molar-refractivity contribution is -0.153. The van der Waals surface area contributed by atoms with E-state index in [1.807, 2.05) is 6.08 Å². The third-order valence-corrected chi connectivity index (χ3v) is 12.9. The van der Waals surface area contributed by atoms with Gasteiger partial charge in [0.15, 0.2) is 0 Å². The minimum atomic E-state index is -4.29. The Morgan fingerprint density at radius 1 is 1.06 bits per heavy atom. The first-order valence-electron chi connectivity index (χ1n) is 14.0. The first-order valence-corrected chi connectivity index (χ1v) is 15.6. The maximum Gasteiger partial charge on any atom is 0.394 e. The maximum atomic E-state index is 13.6. The zero-order chi connectivity index (χ0) is 24.9. The van der Waals surface area contributed by atoms with Crippen LogP contribution in [-0.4, -0.2) is 17.5 Å². The van der Waals surface area contributed by atoms with Gasteiger partial charge in [-0.2, -0.15) is 0 Å². The standard InChI is InChI=1S/C29H49O4P/c1-20(2)10-9-11-21(3)23-12-13-24-22-14-19-29(26(30)34(31,32)33-6)17-8-7-16-28(29,5)25(22)15-18-27(23,24)4/h8,17,20-25H,7,9-16,18-19H2,1-6H3,(H,31,32)/t21-,22+,23-,24+,25+,27-,28-,29?/m1/s1. The number of fused-ring (bicyclic) bond motifs is 5. The van der Waals surface area contributed by atoms with E-state index in [4.69, 9.17) is 4.52 Å². The summed E-state index contributed by atoms with van der Waals surface area (Å²) in [5.74, 6) is 4.18. The Labute approximate surface area is 208 Å². The molecular weight excluding hydrogens is 443 g/mol. The predicted octanol–water partition coefficient (Wildman–Crippen LogP) is 8.00. The van der Waals surface area contributed by atoms with Gasteiger partial charge < -0.3 is 9.42 Å². The van der Waals surface area contributed by atoms with Crippen molar-refractivity contribution in [2.24, 2.45) is 51.8 Å². The summed E-state index contributed by atoms with van der Waals surface area (Å²) >= 11 is 0. The van der Waals surface area contributed by atoms with Gasteiger partial charge in [0.25, 0.3) is 5.52 Å². The Morgan fingerprint density at radius 3 is 2.47 bits per heavy atom. The van der Waals surface area contributed by atoms with Crippen LogP contribution in [0.5, 0.6) is 0 Å². The number of allylic oxidation sites excluding steroid dienone is 2. The van der Waals surface area contributed by atoms with E-state index in [1.54, 1.807) is 0 Å². The zero-order valence-corrected chi connectivity index (χ0v) is 23.4. The van der Waals surface area contributed by atoms with Crippen molar-refractivity contribution >= 4 is 13.1 Å². The molecule has 4 aliphatic carbocycles. The number of hydrogen-bond acceptors (Lipinski definition) is 3. The molecule has 0 amide bonds. The number of rotatable bonds is 8. The monoisotopic (exact) mass is 492 g/mol. The molecule has 0 aromatic heterocycles. The molecule has 0 radical (unpaired) electrons. The molecule has 3 saturated carbocycles. The molecule has 2 unspecified atom stereocenters. The summed E-state index contributed by atoms with van der Waals surface area (Å²) in [6, 6.07) is 0. The molecule has 0 aromatic rings. The van der Waals surface area contributed by atoms with E-state index in [1.165, 1.54) is 45.6 Å². The molecule has 0 aromatic carbocycles. The fraction of sp³-hybridized carbons (Fsp3) is 0.897. The Bertz CT molecular complexity index is 851. The van der Waals surface area contributed by atoms with Crippen molar-refractivity contribution in [3.63, 3.8) is 0 Å². The van der Waals surface area contributed by atoms with Crippen molar-refractivity contribution in [2.75, 3.05) is 7.11 Å². The highest BCUT2D eigenvalue weighted by Gasteiger charge is 2.67. The van der Waals surface area contributed by atoms with E-state index in [2.05, 4.69) is 40.7 Å². The minimum Gasteiger partial charge on any atom is -0.319 e. The summed E-state index contributed by atoms with van der Waals surface area (Å²) in [5.41, 5.74) is -1.28. The van der Waals surface area contributed by atoms with Crippen LogP contribution in [0.3, 0.4) is 0 Å². The molecule has 3 fully saturated rings. The average molecular weight is 493 g/mol. The third-order valence-electron chi connectivity index (χ3n) is 11.5. The molecule has 0 heterocycles. The lowest BCUT2D eigenvalue weighted by atomic mass is 9.41. The SMILES string of the molecule is COP(=O)(O)C(=O)C12C=CCC[C@]1(C)[C@H]1CC[C@]3(C)[C@@H]([C@H](C)CCCC(C)C)CC[C@H]3[C@@H]1CC2. The molecule has 34 heavy (non-hydrogen) atoms. The Balaban J connectivity index is 1.58. The number of carbonyl (C=O) groups is 1. The molecule has 4 aliphatic rings. The molecule has 4 rings (SSSR count). The molecule has 0 spiro atoms. The van der Waals surface area contributed by atoms with Crippen LogP contribution in [-0.2, 0) is 13.9 Å². The lowest BCUT2D eigenvalue weighted by Crippen LogP contribution is -2.59. The molecule has 5 heteroatoms. The van der Waals surface area contributed by atoms with Crippen LogP contribution < -0.4 is 0 Å². The molecule has 0 aliphatic heterocycles. The van der Waals surface area contributed by atoms with Gasteiger partial charge in [-0.25, -0.2) is 0 Å². The summed E-state index contributed by atoms with van der Waals surface area (Å²) in [7, 11) is -3.10. The highest BCUT2D eigenvalue weighted by Crippen LogP contribution is 2.72. The summed E-state index contributed by atoms with van der Waals surface area (Å²) in [6.07, 6.45) is 16.7. The van der Waals surface area contributed by atoms with Crippen molar-refractivity contribution in [1.29, 1.82) is 0 Å². The van der Waals surface area contributed by atoms with Gasteiger partial charge in [0.2, 0.25) is 0 Å². The second kappa shape index (κ2) is 9.46. The fourth-order valence-corrected chi connectivity index (χ4v) is 10.7. The van der Waals surface area contributed by atoms with E-state index >= 15 is 0 Å². The van der Waals surface area contributed by atoms with E-state index < -0.39 is 18.5 Å². The van der Waals surface area contributed by atoms with Gasteiger partial charge in [-0.3, -0.25) is 9.36 Å². The average Bonchev–Trinajstić information content (AvgIpc) is 3.15. The van der Waals surface area contributed by atoms with Gasteiger partial charge in [0.1, 0.15) is 0 Å². The van der Waals surface area contributed by atoms with Crippen molar-refractivity contribution in [3.05, 3.63) is 12.2 Å². The molecule has 0 bridgehead atoms. The largest absolute Gasteiger partial charge is 0.394 e. The van der Waals surface area contributed by atoms with Crippen LogP contribution in [0.15, 0.2) is 12.2 Å². The van der Waals surface area contributed by atoms with Gasteiger partial charge in [-0.15, -0.1) is 0 Å². The molecule has 9 atom stereocenters. The Hall–Kier alpha value is -0.440. The van der Waals surface area contributed by atoms with E-state index in [-0.39, 0.29) is 5.41 Å². The Morgan fingerprint density at radius 2 is 1.79 bits per heavy atom. The summed E-state index contributed by atoms with van der Waals surface area (Å²) in [5, 5.41) is 0. The topological polar surface area (TPSA) is 63.6 Å². The molecule has 0 saturated heterocycles. The van der Waals surface area contributed by atoms with E-state index in [9.17, 15) is 14.3 Å². The first-order chi connectivity index (χ1) is 15.9. The molecule has 4 nitrogen and oxygen atoms in total. The first kappa shape index (κ1) is 26.6. The van der Waals surface area contributed by atoms with Crippen molar-refractivity contribution in [2.45, 2.75) is 105 Å². The van der Waals surface area contributed by atoms with Gasteiger partial charge in [-0.1, -0.05) is 66.0 Å². The normalized spacial score (nSPS) is 44.1. The van der Waals surface area contributed by atoms with Crippen molar-refractivity contribution < 1.29 is 18.8 Å². The van der Waals surface area contributed by atoms with Crippen LogP contribution in [0.2, 0.25) is 0 Å². The van der Waals surface area contributed by atoms with Gasteiger partial charge in [0, 0.05) is 7.11 Å². The van der Waals surface area contributed by atoms with Crippen LogP contribution in [0.1, 0.15) is 105 Å². The molecular formula is C29H49O4P. The minimum absolute atomic E-state index is 0.263. The third kappa shape index (κ3) is 4.03. The predicted molar refractivity (Wildman–Crippen MR) is 138 cm³/mol. The van der Waals surface area contributed by atoms with E-state index in [0.717, 1.165) is 49.4 Å². The number of carbonyl (C=O) groups excluding carboxylic acids is 1. The Kier molecular flexibility index (Phi) is 7.40. The summed E-state index contributed by atoms with van der Waals surface area (Å²) in [4.78, 5) is 24.0. The van der Waals surface area contributed by atoms with E-state index in [0.29, 0.717) is 23.7 Å². The van der Waals surface area contributed by atoms with Crippen LogP contribution >= 0.6 is 7.60 Å². The second-order valence-electron chi connectivity index (χ2n) is 13.3. The highest BCUT2D eigenvalue weighted by molar-refractivity contribution is 7.71. The van der Waals surface area contributed by atoms with Gasteiger partial charge in [0.05, 0.1) is 5.41 Å². The molecule has 194 valence electrons. The van der Waals surface area contributed by atoms with Crippen LogP contribution in [0.4, 0.5) is 0 Å². The van der Waals surface area contributed by atoms with Gasteiger partial charge in [-0.05, 0) is 97.7 Å². The lowest BCUT2D eigenvalue weighted by Gasteiger charge is -2.63. The number of hydrogen-bond donors (Lipinski definition) is 1. The summed E-state index contributed by atoms with van der Waals surface area (Å²) in [6.45, 7) is 12.0. The molecule has 1 N–H and O–H groups in total. The fourth-order valence-electron chi connectivity index (χ4n) is 9.62. The highest BCUT2D eigenvalue weighted by atomic mass is 31.2. The quantitative estimate of drug-likeness (QED) is 0.275. The van der Waals surface area contributed by atoms with Crippen molar-refractivity contribution in [1.82, 2.24) is 0 Å². The van der Waals surface area contributed by atoms with Crippen molar-refractivity contribution in [3.8, 4) is 0 Å². The zero-order valence-electron chi connectivity index (χ0n) is 22.5.